The first kappa shape index (κ1) is 27.1. The first-order chi connectivity index (χ1) is 18.4. The van der Waals surface area contributed by atoms with Gasteiger partial charge in [0.05, 0.1) is 30.8 Å². The van der Waals surface area contributed by atoms with Crippen LogP contribution < -0.4 is 15.5 Å². The van der Waals surface area contributed by atoms with Crippen molar-refractivity contribution < 1.29 is 28.3 Å². The van der Waals surface area contributed by atoms with Crippen LogP contribution >= 0.6 is 0 Å². The van der Waals surface area contributed by atoms with E-state index in [2.05, 4.69) is 10.6 Å². The van der Waals surface area contributed by atoms with Crippen LogP contribution in [0.1, 0.15) is 23.7 Å². The number of benzene rings is 2. The van der Waals surface area contributed by atoms with Gasteiger partial charge in [-0.05, 0) is 43.3 Å². The van der Waals surface area contributed by atoms with E-state index in [4.69, 9.17) is 4.74 Å². The molecule has 0 aromatic heterocycles. The minimum atomic E-state index is -0.922. The molecule has 2 aliphatic heterocycles. The summed E-state index contributed by atoms with van der Waals surface area (Å²) in [6.07, 6.45) is -0.196. The average Bonchev–Trinajstić information content (AvgIpc) is 2.91. The van der Waals surface area contributed by atoms with Crippen molar-refractivity contribution in [1.82, 2.24) is 15.1 Å². The smallest absolute Gasteiger partial charge is 0.338 e. The Labute approximate surface area is 220 Å². The maximum absolute atomic E-state index is 14.1. The molecule has 0 spiro atoms. The molecule has 3 amide bonds. The average molecular weight is 526 g/mol. The number of ether oxygens (including phenoxy) is 1. The van der Waals surface area contributed by atoms with Crippen LogP contribution in [0, 0.1) is 5.82 Å². The Bertz CT molecular complexity index is 1170. The highest BCUT2D eigenvalue weighted by atomic mass is 19.1. The molecular weight excluding hydrogens is 493 g/mol. The Balaban J connectivity index is 1.31. The van der Waals surface area contributed by atoms with Crippen molar-refractivity contribution in [2.75, 3.05) is 62.6 Å². The summed E-state index contributed by atoms with van der Waals surface area (Å²) in [4.78, 5) is 55.7. The second-order valence-corrected chi connectivity index (χ2v) is 9.16. The Morgan fingerprint density at radius 2 is 1.74 bits per heavy atom. The van der Waals surface area contributed by atoms with Crippen LogP contribution in [0.4, 0.5) is 15.8 Å². The highest BCUT2D eigenvalue weighted by Gasteiger charge is 2.35. The number of nitrogens with zero attached hydrogens (tertiary/aromatic N) is 3. The molecule has 2 fully saturated rings. The van der Waals surface area contributed by atoms with Crippen molar-refractivity contribution >= 4 is 35.1 Å². The summed E-state index contributed by atoms with van der Waals surface area (Å²) < 4.78 is 19.1. The fraction of sp³-hybridized carbons (Fsp3) is 0.407. The molecule has 4 rings (SSSR count). The van der Waals surface area contributed by atoms with Gasteiger partial charge in [0, 0.05) is 45.0 Å². The normalized spacial score (nSPS) is 18.1. The Kier molecular flexibility index (Phi) is 8.90. The second-order valence-electron chi connectivity index (χ2n) is 9.16. The number of halogens is 1. The molecule has 2 N–H and O–H groups in total. The van der Waals surface area contributed by atoms with Crippen LogP contribution in [-0.4, -0.2) is 92.0 Å². The zero-order chi connectivity index (χ0) is 27.1. The Morgan fingerprint density at radius 1 is 1.03 bits per heavy atom. The van der Waals surface area contributed by atoms with Gasteiger partial charge in [0.25, 0.3) is 0 Å². The third-order valence-electron chi connectivity index (χ3n) is 6.63. The summed E-state index contributed by atoms with van der Waals surface area (Å²) in [5.74, 6) is -1.75. The maximum atomic E-state index is 14.1. The number of anilines is 2. The van der Waals surface area contributed by atoms with E-state index in [9.17, 15) is 23.6 Å². The van der Waals surface area contributed by atoms with Crippen molar-refractivity contribution in [3.8, 4) is 0 Å². The lowest BCUT2D eigenvalue weighted by molar-refractivity contribution is -0.145. The van der Waals surface area contributed by atoms with Gasteiger partial charge in [-0.25, -0.2) is 9.18 Å². The van der Waals surface area contributed by atoms with E-state index in [1.54, 1.807) is 49.4 Å². The fourth-order valence-corrected chi connectivity index (χ4v) is 4.65. The van der Waals surface area contributed by atoms with Crippen LogP contribution in [0.5, 0.6) is 0 Å². The van der Waals surface area contributed by atoms with Gasteiger partial charge in [0.1, 0.15) is 11.9 Å². The van der Waals surface area contributed by atoms with E-state index >= 15 is 0 Å². The Morgan fingerprint density at radius 3 is 2.42 bits per heavy atom. The number of amides is 3. The second kappa shape index (κ2) is 12.5. The van der Waals surface area contributed by atoms with Crippen LogP contribution in [0.2, 0.25) is 0 Å². The molecular formula is C27H32FN5O5. The third-order valence-corrected chi connectivity index (χ3v) is 6.63. The number of para-hydroxylation sites is 1. The summed E-state index contributed by atoms with van der Waals surface area (Å²) in [6, 6.07) is 11.9. The van der Waals surface area contributed by atoms with E-state index in [1.807, 2.05) is 9.80 Å². The van der Waals surface area contributed by atoms with Crippen molar-refractivity contribution in [3.63, 3.8) is 0 Å². The Hall–Kier alpha value is -3.99. The summed E-state index contributed by atoms with van der Waals surface area (Å²) in [5.41, 5.74) is 1.38. The standard InChI is InChI=1S/C27H32FN5O5/c1-2-38-27(37)19-7-9-20(10-8-19)30-24(34)17-23-26(36)29-11-12-33(23)25(35)18-31-13-15-32(16-14-31)22-6-4-3-5-21(22)28/h3-10,23H,2,11-18H2,1H3,(H,29,36)(H,30,34). The lowest BCUT2D eigenvalue weighted by Crippen LogP contribution is -2.60. The van der Waals surface area contributed by atoms with E-state index in [-0.39, 0.29) is 37.2 Å². The van der Waals surface area contributed by atoms with E-state index < -0.39 is 17.9 Å². The van der Waals surface area contributed by atoms with Crippen LogP contribution in [0.15, 0.2) is 48.5 Å². The first-order valence-corrected chi connectivity index (χ1v) is 12.7. The number of piperazine rings is 2. The molecule has 202 valence electrons. The number of hydrogen-bond acceptors (Lipinski definition) is 7. The van der Waals surface area contributed by atoms with Gasteiger partial charge in [-0.2, -0.15) is 0 Å². The van der Waals surface area contributed by atoms with Crippen molar-refractivity contribution in [2.24, 2.45) is 0 Å². The SMILES string of the molecule is CCOC(=O)c1ccc(NC(=O)CC2C(=O)NCCN2C(=O)CN2CCN(c3ccccc3F)CC2)cc1. The highest BCUT2D eigenvalue weighted by molar-refractivity contribution is 5.98. The molecule has 1 atom stereocenters. The third kappa shape index (κ3) is 6.65. The van der Waals surface area contributed by atoms with E-state index in [0.29, 0.717) is 56.2 Å². The monoisotopic (exact) mass is 525 g/mol. The number of carbonyl (C=O) groups is 4. The molecule has 11 heteroatoms. The summed E-state index contributed by atoms with van der Waals surface area (Å²) in [7, 11) is 0. The van der Waals surface area contributed by atoms with Gasteiger partial charge in [-0.15, -0.1) is 0 Å². The molecule has 0 bridgehead atoms. The number of carbonyl (C=O) groups excluding carboxylic acids is 4. The van der Waals surface area contributed by atoms with Gasteiger partial charge < -0.3 is 25.2 Å². The maximum Gasteiger partial charge on any atom is 0.338 e. The number of rotatable bonds is 8. The minimum absolute atomic E-state index is 0.117. The lowest BCUT2D eigenvalue weighted by Gasteiger charge is -2.39. The van der Waals surface area contributed by atoms with Crippen molar-refractivity contribution in [1.29, 1.82) is 0 Å². The molecule has 2 heterocycles. The van der Waals surface area contributed by atoms with Gasteiger partial charge >= 0.3 is 5.97 Å². The zero-order valence-corrected chi connectivity index (χ0v) is 21.3. The van der Waals surface area contributed by atoms with Crippen LogP contribution in [-0.2, 0) is 19.1 Å². The summed E-state index contributed by atoms with van der Waals surface area (Å²) >= 11 is 0. The van der Waals surface area contributed by atoms with Crippen molar-refractivity contribution in [2.45, 2.75) is 19.4 Å². The van der Waals surface area contributed by atoms with Gasteiger partial charge in [0.2, 0.25) is 17.7 Å². The molecule has 2 aliphatic rings. The molecule has 38 heavy (non-hydrogen) atoms. The number of hydrogen-bond donors (Lipinski definition) is 2. The van der Waals surface area contributed by atoms with E-state index in [0.717, 1.165) is 0 Å². The van der Waals surface area contributed by atoms with E-state index in [1.165, 1.54) is 11.0 Å². The predicted molar refractivity (Wildman–Crippen MR) is 139 cm³/mol. The topological polar surface area (TPSA) is 111 Å². The van der Waals surface area contributed by atoms with Gasteiger partial charge in [0.15, 0.2) is 0 Å². The molecule has 10 nitrogen and oxygen atoms in total. The lowest BCUT2D eigenvalue weighted by atomic mass is 10.1. The van der Waals surface area contributed by atoms with Gasteiger partial charge in [-0.1, -0.05) is 12.1 Å². The quantitative estimate of drug-likeness (QED) is 0.503. The first-order valence-electron chi connectivity index (χ1n) is 12.7. The van der Waals surface area contributed by atoms with Crippen LogP contribution in [0.25, 0.3) is 0 Å². The minimum Gasteiger partial charge on any atom is -0.462 e. The summed E-state index contributed by atoms with van der Waals surface area (Å²) in [5, 5.41) is 5.45. The number of esters is 1. The fourth-order valence-electron chi connectivity index (χ4n) is 4.65. The van der Waals surface area contributed by atoms with Crippen LogP contribution in [0.3, 0.4) is 0 Å². The molecule has 0 saturated carbocycles. The molecule has 0 radical (unpaired) electrons. The molecule has 2 aromatic rings. The number of nitrogens with one attached hydrogen (secondary N) is 2. The van der Waals surface area contributed by atoms with Crippen molar-refractivity contribution in [3.05, 3.63) is 59.9 Å². The molecule has 0 aliphatic carbocycles. The molecule has 2 aromatic carbocycles. The molecule has 2 saturated heterocycles. The largest absolute Gasteiger partial charge is 0.462 e. The predicted octanol–water partition coefficient (Wildman–Crippen LogP) is 1.48. The van der Waals surface area contributed by atoms with Gasteiger partial charge in [-0.3, -0.25) is 19.3 Å². The molecule has 1 unspecified atom stereocenters. The zero-order valence-electron chi connectivity index (χ0n) is 21.3. The summed E-state index contributed by atoms with van der Waals surface area (Å²) in [6.45, 7) is 5.04. The highest BCUT2D eigenvalue weighted by Crippen LogP contribution is 2.20.